The summed E-state index contributed by atoms with van der Waals surface area (Å²) >= 11 is 0. The van der Waals surface area contributed by atoms with E-state index in [0.717, 1.165) is 25.5 Å². The molecule has 2 aromatic rings. The Morgan fingerprint density at radius 1 is 1.21 bits per heavy atom. The molecule has 0 amide bonds. The number of aromatic nitrogens is 2. The third-order valence-corrected chi connectivity index (χ3v) is 3.55. The number of imidazole rings is 1. The van der Waals surface area contributed by atoms with E-state index in [4.69, 9.17) is 0 Å². The molecule has 0 fully saturated rings. The predicted octanol–water partition coefficient (Wildman–Crippen LogP) is 2.97. The smallest absolute Gasteiger partial charge is 0.122 e. The zero-order valence-corrected chi connectivity index (χ0v) is 12.1. The van der Waals surface area contributed by atoms with Crippen LogP contribution in [-0.4, -0.2) is 16.1 Å². The number of hydrogen-bond donors (Lipinski definition) is 1. The maximum Gasteiger partial charge on any atom is 0.122 e. The Labute approximate surface area is 115 Å². The quantitative estimate of drug-likeness (QED) is 0.862. The van der Waals surface area contributed by atoms with E-state index in [1.165, 1.54) is 5.56 Å². The Balaban J connectivity index is 1.92. The summed E-state index contributed by atoms with van der Waals surface area (Å²) in [5.74, 6) is 1.10. The van der Waals surface area contributed by atoms with Crippen molar-refractivity contribution in [3.05, 3.63) is 54.1 Å². The van der Waals surface area contributed by atoms with Gasteiger partial charge >= 0.3 is 0 Å². The molecule has 1 N–H and O–H groups in total. The highest BCUT2D eigenvalue weighted by Crippen LogP contribution is 2.21. The Morgan fingerprint density at radius 3 is 2.63 bits per heavy atom. The van der Waals surface area contributed by atoms with Gasteiger partial charge in [0.05, 0.1) is 6.54 Å². The van der Waals surface area contributed by atoms with Crippen LogP contribution in [0.2, 0.25) is 0 Å². The van der Waals surface area contributed by atoms with Gasteiger partial charge in [0.1, 0.15) is 5.82 Å². The van der Waals surface area contributed by atoms with E-state index in [2.05, 4.69) is 66.0 Å². The van der Waals surface area contributed by atoms with Crippen molar-refractivity contribution in [1.29, 1.82) is 0 Å². The zero-order chi connectivity index (χ0) is 13.7. The van der Waals surface area contributed by atoms with Crippen molar-refractivity contribution in [2.75, 3.05) is 6.54 Å². The van der Waals surface area contributed by atoms with Gasteiger partial charge in [-0.25, -0.2) is 4.98 Å². The third kappa shape index (κ3) is 3.44. The van der Waals surface area contributed by atoms with Gasteiger partial charge < -0.3 is 9.88 Å². The molecule has 0 aliphatic carbocycles. The van der Waals surface area contributed by atoms with Gasteiger partial charge in [0.25, 0.3) is 0 Å². The number of hydrogen-bond acceptors (Lipinski definition) is 2. The van der Waals surface area contributed by atoms with Crippen LogP contribution in [0.3, 0.4) is 0 Å². The van der Waals surface area contributed by atoms with Gasteiger partial charge in [-0.05, 0) is 12.5 Å². The van der Waals surface area contributed by atoms with Gasteiger partial charge in [0, 0.05) is 30.9 Å². The van der Waals surface area contributed by atoms with Crippen LogP contribution in [0.4, 0.5) is 0 Å². The molecule has 0 radical (unpaired) electrons. The van der Waals surface area contributed by atoms with Crippen LogP contribution in [0, 0.1) is 0 Å². The Bertz CT molecular complexity index is 500. The Kier molecular flexibility index (Phi) is 4.38. The highest BCUT2D eigenvalue weighted by molar-refractivity contribution is 5.23. The molecule has 0 spiro atoms. The molecule has 102 valence electrons. The third-order valence-electron chi connectivity index (χ3n) is 3.55. The molecule has 1 heterocycles. The fraction of sp³-hybridized carbons (Fsp3) is 0.438. The molecule has 0 atom stereocenters. The van der Waals surface area contributed by atoms with E-state index in [1.54, 1.807) is 0 Å². The second-order valence-electron chi connectivity index (χ2n) is 5.48. The molecule has 0 bridgehead atoms. The summed E-state index contributed by atoms with van der Waals surface area (Å²) in [5, 5.41) is 3.52. The largest absolute Gasteiger partial charge is 0.334 e. The second-order valence-corrected chi connectivity index (χ2v) is 5.48. The van der Waals surface area contributed by atoms with Gasteiger partial charge in [0.2, 0.25) is 0 Å². The second kappa shape index (κ2) is 6.02. The van der Waals surface area contributed by atoms with Crippen molar-refractivity contribution in [3.8, 4) is 0 Å². The monoisotopic (exact) mass is 257 g/mol. The van der Waals surface area contributed by atoms with Gasteiger partial charge in [-0.3, -0.25) is 0 Å². The number of rotatable bonds is 6. The van der Waals surface area contributed by atoms with Gasteiger partial charge in [-0.15, -0.1) is 0 Å². The lowest BCUT2D eigenvalue weighted by Gasteiger charge is -2.25. The van der Waals surface area contributed by atoms with Gasteiger partial charge in [-0.1, -0.05) is 44.2 Å². The average molecular weight is 257 g/mol. The molecular formula is C16H23N3. The standard InChI is InChI=1S/C16H23N3/c1-4-19-11-10-18-15(19)12-17-13-16(2,3)14-8-6-5-7-9-14/h5-11,17H,4,12-13H2,1-3H3. The Morgan fingerprint density at radius 2 is 1.95 bits per heavy atom. The molecular weight excluding hydrogens is 234 g/mol. The van der Waals surface area contributed by atoms with E-state index >= 15 is 0 Å². The molecule has 3 nitrogen and oxygen atoms in total. The molecule has 1 aromatic heterocycles. The minimum atomic E-state index is 0.130. The lowest BCUT2D eigenvalue weighted by molar-refractivity contribution is 0.460. The first-order chi connectivity index (χ1) is 9.13. The molecule has 19 heavy (non-hydrogen) atoms. The summed E-state index contributed by atoms with van der Waals surface area (Å²) in [4.78, 5) is 4.38. The summed E-state index contributed by atoms with van der Waals surface area (Å²) in [5.41, 5.74) is 1.49. The van der Waals surface area contributed by atoms with Crippen LogP contribution < -0.4 is 5.32 Å². The van der Waals surface area contributed by atoms with Crippen molar-refractivity contribution in [3.63, 3.8) is 0 Å². The highest BCUT2D eigenvalue weighted by atomic mass is 15.1. The predicted molar refractivity (Wildman–Crippen MR) is 79.1 cm³/mol. The Hall–Kier alpha value is -1.61. The highest BCUT2D eigenvalue weighted by Gasteiger charge is 2.19. The number of nitrogens with zero attached hydrogens (tertiary/aromatic N) is 2. The topological polar surface area (TPSA) is 29.9 Å². The summed E-state index contributed by atoms with van der Waals surface area (Å²) in [6, 6.07) is 10.6. The van der Waals surface area contributed by atoms with Crippen LogP contribution in [0.1, 0.15) is 32.2 Å². The molecule has 3 heteroatoms. The normalized spacial score (nSPS) is 11.7. The van der Waals surface area contributed by atoms with E-state index in [-0.39, 0.29) is 5.41 Å². The van der Waals surface area contributed by atoms with E-state index in [0.29, 0.717) is 0 Å². The maximum absolute atomic E-state index is 4.38. The first kappa shape index (κ1) is 13.8. The summed E-state index contributed by atoms with van der Waals surface area (Å²) in [6.45, 7) is 9.39. The van der Waals surface area contributed by atoms with Crippen molar-refractivity contribution >= 4 is 0 Å². The fourth-order valence-electron chi connectivity index (χ4n) is 2.27. The minimum Gasteiger partial charge on any atom is -0.334 e. The number of aryl methyl sites for hydroxylation is 1. The summed E-state index contributed by atoms with van der Waals surface area (Å²) < 4.78 is 2.17. The molecule has 2 rings (SSSR count). The molecule has 1 aromatic carbocycles. The van der Waals surface area contributed by atoms with Crippen molar-refractivity contribution in [2.24, 2.45) is 0 Å². The zero-order valence-electron chi connectivity index (χ0n) is 12.1. The van der Waals surface area contributed by atoms with Crippen molar-refractivity contribution in [2.45, 2.75) is 39.3 Å². The van der Waals surface area contributed by atoms with E-state index < -0.39 is 0 Å². The first-order valence-electron chi connectivity index (χ1n) is 6.90. The lowest BCUT2D eigenvalue weighted by atomic mass is 9.85. The van der Waals surface area contributed by atoms with Gasteiger partial charge in [0.15, 0.2) is 0 Å². The lowest BCUT2D eigenvalue weighted by Crippen LogP contribution is -2.33. The van der Waals surface area contributed by atoms with E-state index in [1.807, 2.05) is 12.4 Å². The SMILES string of the molecule is CCn1ccnc1CNCC(C)(C)c1ccccc1. The van der Waals surface area contributed by atoms with Crippen molar-refractivity contribution < 1.29 is 0 Å². The number of nitrogens with one attached hydrogen (secondary N) is 1. The molecule has 0 aliphatic heterocycles. The van der Waals surface area contributed by atoms with Gasteiger partial charge in [-0.2, -0.15) is 0 Å². The van der Waals surface area contributed by atoms with Crippen LogP contribution >= 0.6 is 0 Å². The number of benzene rings is 1. The maximum atomic E-state index is 4.38. The van der Waals surface area contributed by atoms with Crippen LogP contribution in [-0.2, 0) is 18.5 Å². The summed E-state index contributed by atoms with van der Waals surface area (Å²) in [6.07, 6.45) is 3.89. The summed E-state index contributed by atoms with van der Waals surface area (Å²) in [7, 11) is 0. The van der Waals surface area contributed by atoms with Crippen molar-refractivity contribution in [1.82, 2.24) is 14.9 Å². The van der Waals surface area contributed by atoms with Crippen LogP contribution in [0.25, 0.3) is 0 Å². The first-order valence-corrected chi connectivity index (χ1v) is 6.90. The van der Waals surface area contributed by atoms with Crippen LogP contribution in [0.5, 0.6) is 0 Å². The van der Waals surface area contributed by atoms with E-state index in [9.17, 15) is 0 Å². The van der Waals surface area contributed by atoms with Crippen LogP contribution in [0.15, 0.2) is 42.7 Å². The molecule has 0 aliphatic rings. The minimum absolute atomic E-state index is 0.130. The average Bonchev–Trinajstić information content (AvgIpc) is 2.87. The molecule has 0 unspecified atom stereocenters. The molecule has 0 saturated carbocycles. The fourth-order valence-corrected chi connectivity index (χ4v) is 2.27. The molecule has 0 saturated heterocycles.